The van der Waals surface area contributed by atoms with Gasteiger partial charge in [0.1, 0.15) is 16.9 Å². The summed E-state index contributed by atoms with van der Waals surface area (Å²) in [5.41, 5.74) is 16.5. The first-order valence-electron chi connectivity index (χ1n) is 21.3. The molecule has 4 heterocycles. The van der Waals surface area contributed by atoms with Gasteiger partial charge >= 0.3 is 0 Å². The van der Waals surface area contributed by atoms with Gasteiger partial charge in [0.05, 0.1) is 22.1 Å². The third-order valence-corrected chi connectivity index (χ3v) is 12.2. The van der Waals surface area contributed by atoms with E-state index in [9.17, 15) is 0 Å². The summed E-state index contributed by atoms with van der Waals surface area (Å²) in [6, 6.07) is 73.4. The predicted octanol–water partition coefficient (Wildman–Crippen LogP) is 14.7. The lowest BCUT2D eigenvalue weighted by molar-refractivity contribution is 0.619. The van der Waals surface area contributed by atoms with Crippen molar-refractivity contribution in [2.24, 2.45) is 0 Å². The smallest absolute Gasteiger partial charge is 0.227 e. The molecule has 0 saturated heterocycles. The van der Waals surface area contributed by atoms with Crippen molar-refractivity contribution in [3.63, 3.8) is 0 Å². The van der Waals surface area contributed by atoms with E-state index in [1.165, 1.54) is 0 Å². The third kappa shape index (κ3) is 5.94. The molecule has 0 bridgehead atoms. The standard InChI is InChI=1S/C57H35N5O2/c1-4-12-36(13-5-1)39-22-28-48-53(34-39)63-56(59-48)41-24-30-50-45(32-41)46-33-42(57-60-49-29-23-40(35-54(49)64-57)37-14-6-2-7-15-37)25-31-51(46)61(50)44-26-20-38(21-27-44)55-58-47-18-10-11-19-52(47)62(55)43-16-8-3-9-17-43/h1-35H. The van der Waals surface area contributed by atoms with Crippen molar-refractivity contribution < 1.29 is 8.83 Å². The van der Waals surface area contributed by atoms with E-state index in [2.05, 4.69) is 161 Å². The Morgan fingerprint density at radius 2 is 0.766 bits per heavy atom. The quantitative estimate of drug-likeness (QED) is 0.160. The zero-order chi connectivity index (χ0) is 42.1. The van der Waals surface area contributed by atoms with Crippen LogP contribution in [0.4, 0.5) is 0 Å². The van der Waals surface area contributed by atoms with Crippen molar-refractivity contribution >= 4 is 55.0 Å². The fraction of sp³-hybridized carbons (Fsp3) is 0. The van der Waals surface area contributed by atoms with Gasteiger partial charge in [0.15, 0.2) is 11.2 Å². The molecule has 0 fully saturated rings. The maximum absolute atomic E-state index is 6.50. The molecule has 13 rings (SSSR count). The molecule has 0 aliphatic rings. The largest absolute Gasteiger partial charge is 0.436 e. The molecule has 0 spiro atoms. The minimum absolute atomic E-state index is 0.568. The summed E-state index contributed by atoms with van der Waals surface area (Å²) in [6.45, 7) is 0. The van der Waals surface area contributed by atoms with E-state index in [1.807, 2.05) is 60.7 Å². The molecule has 0 saturated carbocycles. The van der Waals surface area contributed by atoms with E-state index in [0.717, 1.165) is 111 Å². The van der Waals surface area contributed by atoms with E-state index in [-0.39, 0.29) is 0 Å². The zero-order valence-electron chi connectivity index (χ0n) is 34.3. The highest BCUT2D eigenvalue weighted by Crippen LogP contribution is 2.39. The number of oxazole rings is 2. The van der Waals surface area contributed by atoms with Gasteiger partial charge in [-0.3, -0.25) is 4.57 Å². The fourth-order valence-corrected chi connectivity index (χ4v) is 9.10. The van der Waals surface area contributed by atoms with Gasteiger partial charge in [-0.2, -0.15) is 0 Å². The molecule has 0 radical (unpaired) electrons. The summed E-state index contributed by atoms with van der Waals surface area (Å²) in [5.74, 6) is 2.02. The molecular weight excluding hydrogens is 787 g/mol. The monoisotopic (exact) mass is 821 g/mol. The maximum Gasteiger partial charge on any atom is 0.227 e. The number of nitrogens with zero attached hydrogens (tertiary/aromatic N) is 5. The van der Waals surface area contributed by atoms with Gasteiger partial charge in [-0.25, -0.2) is 15.0 Å². The van der Waals surface area contributed by atoms with Crippen molar-refractivity contribution in [1.29, 1.82) is 0 Å². The molecule has 0 unspecified atom stereocenters. The number of hydrogen-bond acceptors (Lipinski definition) is 5. The van der Waals surface area contributed by atoms with Crippen molar-refractivity contribution in [2.75, 3.05) is 0 Å². The minimum atomic E-state index is 0.568. The topological polar surface area (TPSA) is 74.8 Å². The van der Waals surface area contributed by atoms with Crippen LogP contribution in [0.15, 0.2) is 221 Å². The minimum Gasteiger partial charge on any atom is -0.436 e. The number of fused-ring (bicyclic) bond motifs is 6. The summed E-state index contributed by atoms with van der Waals surface area (Å²) in [5, 5.41) is 2.11. The molecule has 9 aromatic carbocycles. The van der Waals surface area contributed by atoms with Gasteiger partial charge in [-0.15, -0.1) is 0 Å². The Kier molecular flexibility index (Phi) is 8.08. The normalized spacial score (nSPS) is 11.8. The van der Waals surface area contributed by atoms with Crippen LogP contribution < -0.4 is 0 Å². The summed E-state index contributed by atoms with van der Waals surface area (Å²) < 4.78 is 17.6. The van der Waals surface area contributed by atoms with Gasteiger partial charge in [0.25, 0.3) is 0 Å². The van der Waals surface area contributed by atoms with Crippen LogP contribution in [0.3, 0.4) is 0 Å². The highest BCUT2D eigenvalue weighted by Gasteiger charge is 2.20. The Balaban J connectivity index is 0.952. The van der Waals surface area contributed by atoms with Crippen LogP contribution in [0.25, 0.3) is 123 Å². The van der Waals surface area contributed by atoms with Crippen molar-refractivity contribution in [2.45, 2.75) is 0 Å². The van der Waals surface area contributed by atoms with Crippen LogP contribution in [0.5, 0.6) is 0 Å². The predicted molar refractivity (Wildman–Crippen MR) is 258 cm³/mol. The maximum atomic E-state index is 6.50. The van der Waals surface area contributed by atoms with Crippen LogP contribution in [-0.4, -0.2) is 24.1 Å². The number of benzene rings is 9. The molecule has 13 aromatic rings. The molecule has 7 heteroatoms. The van der Waals surface area contributed by atoms with Gasteiger partial charge < -0.3 is 13.4 Å². The van der Waals surface area contributed by atoms with E-state index < -0.39 is 0 Å². The van der Waals surface area contributed by atoms with E-state index in [1.54, 1.807) is 0 Å². The molecule has 0 atom stereocenters. The second kappa shape index (κ2) is 14.4. The molecule has 0 aliphatic carbocycles. The van der Waals surface area contributed by atoms with Gasteiger partial charge in [-0.05, 0) is 131 Å². The second-order valence-electron chi connectivity index (χ2n) is 16.1. The van der Waals surface area contributed by atoms with Crippen LogP contribution in [0.2, 0.25) is 0 Å². The lowest BCUT2D eigenvalue weighted by Gasteiger charge is -2.12. The van der Waals surface area contributed by atoms with Crippen LogP contribution in [0.1, 0.15) is 0 Å². The number of rotatable bonds is 7. The molecule has 7 nitrogen and oxygen atoms in total. The van der Waals surface area contributed by atoms with Crippen LogP contribution >= 0.6 is 0 Å². The Morgan fingerprint density at radius 1 is 0.297 bits per heavy atom. The first-order chi connectivity index (χ1) is 31.7. The third-order valence-electron chi connectivity index (χ3n) is 12.2. The Morgan fingerprint density at radius 3 is 1.33 bits per heavy atom. The number of aromatic nitrogens is 5. The molecule has 0 amide bonds. The highest BCUT2D eigenvalue weighted by atomic mass is 16.4. The lowest BCUT2D eigenvalue weighted by atomic mass is 10.1. The van der Waals surface area contributed by atoms with Gasteiger partial charge in [0.2, 0.25) is 11.8 Å². The SMILES string of the molecule is c1ccc(-c2ccc3nc(-c4ccc5c(c4)c4cc(-c6nc7ccc(-c8ccccc8)cc7o6)ccc4n5-c4ccc(-c5nc6ccccc6n5-c5ccccc5)cc4)oc3c2)cc1. The van der Waals surface area contributed by atoms with Gasteiger partial charge in [0, 0.05) is 38.8 Å². The average molecular weight is 822 g/mol. The van der Waals surface area contributed by atoms with Crippen LogP contribution in [0, 0.1) is 0 Å². The molecular formula is C57H35N5O2. The van der Waals surface area contributed by atoms with Crippen molar-refractivity contribution in [3.8, 4) is 67.9 Å². The van der Waals surface area contributed by atoms with Crippen molar-refractivity contribution in [3.05, 3.63) is 212 Å². The molecule has 300 valence electrons. The molecule has 64 heavy (non-hydrogen) atoms. The van der Waals surface area contributed by atoms with Crippen molar-refractivity contribution in [1.82, 2.24) is 24.1 Å². The average Bonchev–Trinajstić information content (AvgIpc) is 4.16. The van der Waals surface area contributed by atoms with E-state index in [4.69, 9.17) is 23.8 Å². The summed E-state index contributed by atoms with van der Waals surface area (Å²) in [6.07, 6.45) is 0. The van der Waals surface area contributed by atoms with E-state index >= 15 is 0 Å². The number of para-hydroxylation sites is 3. The highest BCUT2D eigenvalue weighted by molar-refractivity contribution is 6.11. The summed E-state index contributed by atoms with van der Waals surface area (Å²) in [7, 11) is 0. The van der Waals surface area contributed by atoms with Crippen LogP contribution in [-0.2, 0) is 0 Å². The first kappa shape index (κ1) is 35.9. The Hall–Kier alpha value is -8.81. The Bertz CT molecular complexity index is 3710. The molecule has 0 N–H and O–H groups in total. The van der Waals surface area contributed by atoms with E-state index in [0.29, 0.717) is 11.8 Å². The first-order valence-corrected chi connectivity index (χ1v) is 21.3. The van der Waals surface area contributed by atoms with Gasteiger partial charge in [-0.1, -0.05) is 103 Å². The zero-order valence-corrected chi connectivity index (χ0v) is 34.3. The second-order valence-corrected chi connectivity index (χ2v) is 16.1. The lowest BCUT2D eigenvalue weighted by Crippen LogP contribution is -1.98. The molecule has 0 aliphatic heterocycles. The summed E-state index contributed by atoms with van der Waals surface area (Å²) >= 11 is 0. The summed E-state index contributed by atoms with van der Waals surface area (Å²) in [4.78, 5) is 15.1. The Labute approximate surface area is 366 Å². The number of hydrogen-bond donors (Lipinski definition) is 0. The number of imidazole rings is 1. The molecule has 4 aromatic heterocycles. The fourth-order valence-electron chi connectivity index (χ4n) is 9.10.